The van der Waals surface area contributed by atoms with Crippen molar-refractivity contribution >= 4 is 11.6 Å². The molecule has 0 saturated heterocycles. The summed E-state index contributed by atoms with van der Waals surface area (Å²) in [7, 11) is 0. The molecular formula is C14H22N4O. The van der Waals surface area contributed by atoms with Gasteiger partial charge in [-0.25, -0.2) is 0 Å². The lowest BCUT2D eigenvalue weighted by Crippen LogP contribution is -2.29. The van der Waals surface area contributed by atoms with Crippen molar-refractivity contribution in [3.8, 4) is 0 Å². The number of hydrogen-bond acceptors (Lipinski definition) is 4. The number of carbonyl (C=O) groups excluding carboxylic acids is 1. The summed E-state index contributed by atoms with van der Waals surface area (Å²) in [5.41, 5.74) is 7.18. The molecule has 19 heavy (non-hydrogen) atoms. The maximum atomic E-state index is 11.7. The first-order valence-electron chi connectivity index (χ1n) is 6.95. The van der Waals surface area contributed by atoms with Gasteiger partial charge in [0.05, 0.1) is 0 Å². The van der Waals surface area contributed by atoms with Gasteiger partial charge in [-0.05, 0) is 44.4 Å². The summed E-state index contributed by atoms with van der Waals surface area (Å²) in [4.78, 5) is 15.8. The van der Waals surface area contributed by atoms with Crippen molar-refractivity contribution in [2.24, 2.45) is 11.7 Å². The average molecular weight is 262 g/mol. The zero-order valence-electron chi connectivity index (χ0n) is 11.4. The van der Waals surface area contributed by atoms with Crippen LogP contribution in [-0.4, -0.2) is 30.0 Å². The fourth-order valence-corrected chi connectivity index (χ4v) is 2.62. The van der Waals surface area contributed by atoms with Crippen LogP contribution in [0.5, 0.6) is 0 Å². The maximum Gasteiger partial charge on any atom is 0.269 e. The molecule has 2 atom stereocenters. The minimum Gasteiger partial charge on any atom is -0.382 e. The summed E-state index contributed by atoms with van der Waals surface area (Å²) >= 11 is 0. The Morgan fingerprint density at radius 3 is 3.11 bits per heavy atom. The van der Waals surface area contributed by atoms with Gasteiger partial charge < -0.3 is 16.4 Å². The van der Waals surface area contributed by atoms with Crippen LogP contribution in [0.3, 0.4) is 0 Å². The SMILES string of the molecule is CCNC(=O)c1cc(NC2CCCC2CN)ccn1. The second-order valence-electron chi connectivity index (χ2n) is 4.97. The molecule has 1 saturated carbocycles. The second-order valence-corrected chi connectivity index (χ2v) is 4.97. The summed E-state index contributed by atoms with van der Waals surface area (Å²) in [5, 5.41) is 6.23. The minimum atomic E-state index is -0.132. The van der Waals surface area contributed by atoms with Crippen molar-refractivity contribution in [1.82, 2.24) is 10.3 Å². The molecule has 1 heterocycles. The van der Waals surface area contributed by atoms with Crippen molar-refractivity contribution in [1.29, 1.82) is 0 Å². The quantitative estimate of drug-likeness (QED) is 0.748. The van der Waals surface area contributed by atoms with Crippen LogP contribution in [0.25, 0.3) is 0 Å². The molecule has 2 rings (SSSR count). The number of amides is 1. The standard InChI is InChI=1S/C14H22N4O/c1-2-16-14(19)13-8-11(6-7-17-13)18-12-5-3-4-10(12)9-15/h6-8,10,12H,2-5,9,15H2,1H3,(H,16,19)(H,17,18). The molecule has 0 bridgehead atoms. The summed E-state index contributed by atoms with van der Waals surface area (Å²) in [6, 6.07) is 4.11. The highest BCUT2D eigenvalue weighted by atomic mass is 16.1. The maximum absolute atomic E-state index is 11.7. The second kappa shape index (κ2) is 6.52. The number of nitrogens with zero attached hydrogens (tertiary/aromatic N) is 1. The van der Waals surface area contributed by atoms with Gasteiger partial charge in [0, 0.05) is 24.5 Å². The Hall–Kier alpha value is -1.62. The number of rotatable bonds is 5. The molecule has 1 aliphatic carbocycles. The van der Waals surface area contributed by atoms with E-state index >= 15 is 0 Å². The van der Waals surface area contributed by atoms with Crippen molar-refractivity contribution in [2.45, 2.75) is 32.2 Å². The Morgan fingerprint density at radius 1 is 1.53 bits per heavy atom. The molecule has 1 amide bonds. The molecule has 0 spiro atoms. The first-order chi connectivity index (χ1) is 9.24. The molecule has 2 unspecified atom stereocenters. The first-order valence-corrected chi connectivity index (χ1v) is 6.95. The van der Waals surface area contributed by atoms with Gasteiger partial charge in [-0.1, -0.05) is 6.42 Å². The topological polar surface area (TPSA) is 80.0 Å². The van der Waals surface area contributed by atoms with Crippen LogP contribution in [0.1, 0.15) is 36.7 Å². The third-order valence-electron chi connectivity index (χ3n) is 3.64. The highest BCUT2D eigenvalue weighted by Gasteiger charge is 2.25. The van der Waals surface area contributed by atoms with E-state index in [0.29, 0.717) is 30.7 Å². The lowest BCUT2D eigenvalue weighted by molar-refractivity contribution is 0.0951. The Labute approximate surface area is 114 Å². The number of nitrogens with one attached hydrogen (secondary N) is 2. The number of anilines is 1. The van der Waals surface area contributed by atoms with Crippen molar-refractivity contribution in [2.75, 3.05) is 18.4 Å². The average Bonchev–Trinajstić information content (AvgIpc) is 2.86. The van der Waals surface area contributed by atoms with E-state index in [1.165, 1.54) is 12.8 Å². The lowest BCUT2D eigenvalue weighted by Gasteiger charge is -2.20. The zero-order valence-corrected chi connectivity index (χ0v) is 11.4. The number of aromatic nitrogens is 1. The van der Waals surface area contributed by atoms with Gasteiger partial charge in [-0.3, -0.25) is 9.78 Å². The van der Waals surface area contributed by atoms with Crippen LogP contribution in [0, 0.1) is 5.92 Å². The van der Waals surface area contributed by atoms with Gasteiger partial charge in [0.2, 0.25) is 0 Å². The van der Waals surface area contributed by atoms with E-state index in [1.807, 2.05) is 13.0 Å². The van der Waals surface area contributed by atoms with Crippen LogP contribution < -0.4 is 16.4 Å². The van der Waals surface area contributed by atoms with Crippen LogP contribution in [0.2, 0.25) is 0 Å². The van der Waals surface area contributed by atoms with Crippen LogP contribution in [0.4, 0.5) is 5.69 Å². The van der Waals surface area contributed by atoms with Gasteiger partial charge in [0.1, 0.15) is 5.69 Å². The molecule has 0 radical (unpaired) electrons. The molecular weight excluding hydrogens is 240 g/mol. The Bertz CT molecular complexity index is 435. The molecule has 0 aliphatic heterocycles. The van der Waals surface area contributed by atoms with E-state index in [1.54, 1.807) is 12.3 Å². The van der Waals surface area contributed by atoms with Crippen LogP contribution >= 0.6 is 0 Å². The first kappa shape index (κ1) is 13.8. The van der Waals surface area contributed by atoms with Crippen LogP contribution in [-0.2, 0) is 0 Å². The number of carbonyl (C=O) groups is 1. The van der Waals surface area contributed by atoms with Gasteiger partial charge >= 0.3 is 0 Å². The fourth-order valence-electron chi connectivity index (χ4n) is 2.62. The van der Waals surface area contributed by atoms with E-state index in [4.69, 9.17) is 5.73 Å². The fraction of sp³-hybridized carbons (Fsp3) is 0.571. The smallest absolute Gasteiger partial charge is 0.269 e. The molecule has 1 aromatic rings. The van der Waals surface area contributed by atoms with Crippen molar-refractivity contribution < 1.29 is 4.79 Å². The van der Waals surface area contributed by atoms with Gasteiger partial charge in [-0.2, -0.15) is 0 Å². The normalized spacial score (nSPS) is 22.2. The molecule has 1 fully saturated rings. The highest BCUT2D eigenvalue weighted by Crippen LogP contribution is 2.27. The molecule has 0 aromatic carbocycles. The Kier molecular flexibility index (Phi) is 4.74. The van der Waals surface area contributed by atoms with E-state index in [0.717, 1.165) is 12.1 Å². The Morgan fingerprint density at radius 2 is 2.37 bits per heavy atom. The predicted molar refractivity (Wildman–Crippen MR) is 76.1 cm³/mol. The monoisotopic (exact) mass is 262 g/mol. The van der Waals surface area contributed by atoms with Gasteiger partial charge in [0.15, 0.2) is 0 Å². The number of nitrogens with two attached hydrogens (primary N) is 1. The summed E-state index contributed by atoms with van der Waals surface area (Å²) in [6.07, 6.45) is 5.20. The minimum absolute atomic E-state index is 0.132. The number of hydrogen-bond donors (Lipinski definition) is 3. The third kappa shape index (κ3) is 3.44. The van der Waals surface area contributed by atoms with Crippen molar-refractivity contribution in [3.63, 3.8) is 0 Å². The lowest BCUT2D eigenvalue weighted by atomic mass is 10.0. The zero-order chi connectivity index (χ0) is 13.7. The largest absolute Gasteiger partial charge is 0.382 e. The van der Waals surface area contributed by atoms with Crippen molar-refractivity contribution in [3.05, 3.63) is 24.0 Å². The number of pyridine rings is 1. The summed E-state index contributed by atoms with van der Waals surface area (Å²) < 4.78 is 0. The third-order valence-corrected chi connectivity index (χ3v) is 3.64. The van der Waals surface area contributed by atoms with Gasteiger partial charge in [0.25, 0.3) is 5.91 Å². The van der Waals surface area contributed by atoms with Gasteiger partial charge in [-0.15, -0.1) is 0 Å². The van der Waals surface area contributed by atoms with E-state index in [2.05, 4.69) is 15.6 Å². The van der Waals surface area contributed by atoms with E-state index < -0.39 is 0 Å². The summed E-state index contributed by atoms with van der Waals surface area (Å²) in [6.45, 7) is 3.21. The van der Waals surface area contributed by atoms with Crippen LogP contribution in [0.15, 0.2) is 18.3 Å². The highest BCUT2D eigenvalue weighted by molar-refractivity contribution is 5.93. The molecule has 1 aliphatic rings. The molecule has 5 heteroatoms. The molecule has 104 valence electrons. The predicted octanol–water partition coefficient (Wildman–Crippen LogP) is 1.37. The summed E-state index contributed by atoms with van der Waals surface area (Å²) in [5.74, 6) is 0.397. The Balaban J connectivity index is 2.04. The molecule has 5 nitrogen and oxygen atoms in total. The van der Waals surface area contributed by atoms with E-state index in [9.17, 15) is 4.79 Å². The molecule has 4 N–H and O–H groups in total. The molecule has 1 aromatic heterocycles. The van der Waals surface area contributed by atoms with E-state index in [-0.39, 0.29) is 5.91 Å².